The van der Waals surface area contributed by atoms with Gasteiger partial charge in [0.25, 0.3) is 0 Å². The van der Waals surface area contributed by atoms with E-state index in [1.807, 2.05) is 23.8 Å². The molecule has 0 bridgehead atoms. The molecule has 3 aromatic rings. The van der Waals surface area contributed by atoms with Crippen molar-refractivity contribution in [2.45, 2.75) is 12.6 Å². The van der Waals surface area contributed by atoms with E-state index >= 15 is 0 Å². The Morgan fingerprint density at radius 1 is 1.20 bits per heavy atom. The largest absolute Gasteiger partial charge is 0.307 e. The lowest BCUT2D eigenvalue weighted by Gasteiger charge is -2.25. The van der Waals surface area contributed by atoms with E-state index in [0.717, 1.165) is 35.2 Å². The molecule has 3 aromatic heterocycles. The van der Waals surface area contributed by atoms with Gasteiger partial charge in [-0.1, -0.05) is 0 Å². The van der Waals surface area contributed by atoms with Crippen LogP contribution in [-0.2, 0) is 6.54 Å². The lowest BCUT2D eigenvalue weighted by atomic mass is 10.1. The highest BCUT2D eigenvalue weighted by Gasteiger charge is 2.26. The van der Waals surface area contributed by atoms with Crippen molar-refractivity contribution in [2.24, 2.45) is 0 Å². The van der Waals surface area contributed by atoms with Crippen molar-refractivity contribution in [1.82, 2.24) is 30.0 Å². The maximum absolute atomic E-state index is 4.38. The molecule has 0 saturated heterocycles. The van der Waals surface area contributed by atoms with Gasteiger partial charge in [-0.3, -0.25) is 9.97 Å². The quantitative estimate of drug-likeness (QED) is 0.772. The smallest absolute Gasteiger partial charge is 0.175 e. The van der Waals surface area contributed by atoms with Gasteiger partial charge in [-0.2, -0.15) is 0 Å². The van der Waals surface area contributed by atoms with E-state index in [2.05, 4.69) is 30.0 Å². The summed E-state index contributed by atoms with van der Waals surface area (Å²) in [5.41, 5.74) is 2.97. The highest BCUT2D eigenvalue weighted by Crippen LogP contribution is 2.28. The summed E-state index contributed by atoms with van der Waals surface area (Å²) in [6.45, 7) is 1.76. The molecule has 4 rings (SSSR count). The lowest BCUT2D eigenvalue weighted by Crippen LogP contribution is -2.34. The molecule has 0 fully saturated rings. The zero-order valence-corrected chi connectivity index (χ0v) is 11.4. The Morgan fingerprint density at radius 2 is 2.10 bits per heavy atom. The fraction of sp³-hybridized carbons (Fsp3) is 0.231. The molecule has 0 aliphatic carbocycles. The third kappa shape index (κ3) is 1.83. The van der Waals surface area contributed by atoms with E-state index in [1.165, 1.54) is 0 Å². The van der Waals surface area contributed by atoms with Gasteiger partial charge in [0.1, 0.15) is 0 Å². The van der Waals surface area contributed by atoms with Gasteiger partial charge in [0.2, 0.25) is 0 Å². The number of hydrogen-bond donors (Lipinski definition) is 1. The van der Waals surface area contributed by atoms with E-state index in [9.17, 15) is 0 Å². The molecule has 20 heavy (non-hydrogen) atoms. The molecule has 1 N–H and O–H groups in total. The molecule has 0 aromatic carbocycles. The van der Waals surface area contributed by atoms with Crippen LogP contribution in [0.25, 0.3) is 10.7 Å². The van der Waals surface area contributed by atoms with Gasteiger partial charge in [0.15, 0.2) is 11.6 Å². The number of pyridine rings is 1. The highest BCUT2D eigenvalue weighted by atomic mass is 32.1. The van der Waals surface area contributed by atoms with Crippen molar-refractivity contribution in [3.63, 3.8) is 0 Å². The lowest BCUT2D eigenvalue weighted by molar-refractivity contribution is 0.458. The molecule has 0 spiro atoms. The van der Waals surface area contributed by atoms with Gasteiger partial charge in [-0.25, -0.2) is 0 Å². The predicted octanol–water partition coefficient (Wildman–Crippen LogP) is 1.49. The summed E-state index contributed by atoms with van der Waals surface area (Å²) >= 11 is 1.59. The molecule has 7 heteroatoms. The van der Waals surface area contributed by atoms with E-state index in [4.69, 9.17) is 0 Å². The van der Waals surface area contributed by atoms with Gasteiger partial charge in [-0.05, 0) is 17.7 Å². The van der Waals surface area contributed by atoms with Crippen LogP contribution in [0.3, 0.4) is 0 Å². The maximum Gasteiger partial charge on any atom is 0.175 e. The third-order valence-electron chi connectivity index (χ3n) is 3.41. The average molecular weight is 284 g/mol. The Bertz CT molecular complexity index is 706. The minimum atomic E-state index is 0.0703. The van der Waals surface area contributed by atoms with Crippen molar-refractivity contribution in [3.05, 3.63) is 47.6 Å². The molecular weight excluding hydrogens is 272 g/mol. The number of aromatic nitrogens is 5. The van der Waals surface area contributed by atoms with Gasteiger partial charge in [0.05, 0.1) is 16.4 Å². The van der Waals surface area contributed by atoms with Gasteiger partial charge >= 0.3 is 0 Å². The number of nitrogens with zero attached hydrogens (tertiary/aromatic N) is 5. The summed E-state index contributed by atoms with van der Waals surface area (Å²) in [5, 5.41) is 12.2. The monoisotopic (exact) mass is 284 g/mol. The van der Waals surface area contributed by atoms with Gasteiger partial charge < -0.3 is 9.88 Å². The van der Waals surface area contributed by atoms with Crippen LogP contribution >= 0.6 is 11.3 Å². The Labute approximate surface area is 119 Å². The zero-order chi connectivity index (χ0) is 13.4. The molecule has 1 aliphatic heterocycles. The third-order valence-corrected chi connectivity index (χ3v) is 4.18. The fourth-order valence-corrected chi connectivity index (χ4v) is 3.11. The van der Waals surface area contributed by atoms with Crippen LogP contribution in [0, 0.1) is 0 Å². The number of fused-ring (bicyclic) bond motifs is 1. The van der Waals surface area contributed by atoms with Crippen LogP contribution in [0.15, 0.2) is 36.2 Å². The van der Waals surface area contributed by atoms with E-state index in [0.29, 0.717) is 0 Å². The molecule has 0 radical (unpaired) electrons. The van der Waals surface area contributed by atoms with Crippen molar-refractivity contribution in [2.75, 3.05) is 6.54 Å². The topological polar surface area (TPSA) is 68.5 Å². The van der Waals surface area contributed by atoms with Crippen LogP contribution in [-0.4, -0.2) is 31.3 Å². The first-order chi connectivity index (χ1) is 9.93. The number of rotatable bonds is 2. The SMILES string of the molecule is c1cc(C2NCCn3c(-c4cncs4)nnc32)ccn1. The Morgan fingerprint density at radius 3 is 2.90 bits per heavy atom. The van der Waals surface area contributed by atoms with Crippen molar-refractivity contribution < 1.29 is 0 Å². The van der Waals surface area contributed by atoms with Crippen LogP contribution in [0.1, 0.15) is 17.4 Å². The molecule has 100 valence electrons. The van der Waals surface area contributed by atoms with Crippen molar-refractivity contribution in [1.29, 1.82) is 0 Å². The highest BCUT2D eigenvalue weighted by molar-refractivity contribution is 7.13. The molecule has 1 aliphatic rings. The van der Waals surface area contributed by atoms with Crippen LogP contribution in [0.5, 0.6) is 0 Å². The summed E-state index contributed by atoms with van der Waals surface area (Å²) < 4.78 is 2.18. The Hall–Kier alpha value is -2.12. The summed E-state index contributed by atoms with van der Waals surface area (Å²) in [5.74, 6) is 1.86. The summed E-state index contributed by atoms with van der Waals surface area (Å²) in [6, 6.07) is 4.09. The average Bonchev–Trinajstić information content (AvgIpc) is 3.16. The van der Waals surface area contributed by atoms with E-state index < -0.39 is 0 Å². The summed E-state index contributed by atoms with van der Waals surface area (Å²) in [7, 11) is 0. The first-order valence-electron chi connectivity index (χ1n) is 6.39. The first kappa shape index (κ1) is 11.7. The minimum absolute atomic E-state index is 0.0703. The number of thiazole rings is 1. The predicted molar refractivity (Wildman–Crippen MR) is 75.2 cm³/mol. The first-order valence-corrected chi connectivity index (χ1v) is 7.27. The van der Waals surface area contributed by atoms with Crippen LogP contribution < -0.4 is 5.32 Å². The molecule has 4 heterocycles. The summed E-state index contributed by atoms with van der Waals surface area (Å²) in [4.78, 5) is 9.24. The van der Waals surface area contributed by atoms with E-state index in [1.54, 1.807) is 23.7 Å². The van der Waals surface area contributed by atoms with Crippen LogP contribution in [0.2, 0.25) is 0 Å². The fourth-order valence-electron chi connectivity index (χ4n) is 2.49. The standard InChI is InChI=1S/C13H12N6S/c1-3-14-4-2-9(1)11-13-18-17-12(10-7-15-8-20-10)19(13)6-5-16-11/h1-4,7-8,11,16H,5-6H2. The van der Waals surface area contributed by atoms with Gasteiger partial charge in [-0.15, -0.1) is 21.5 Å². The second kappa shape index (κ2) is 4.77. The molecular formula is C13H12N6S. The molecule has 0 amide bonds. The Balaban J connectivity index is 1.80. The normalized spacial score (nSPS) is 17.9. The minimum Gasteiger partial charge on any atom is -0.307 e. The van der Waals surface area contributed by atoms with Crippen molar-refractivity contribution >= 4 is 11.3 Å². The van der Waals surface area contributed by atoms with Gasteiger partial charge in [0, 0.05) is 31.7 Å². The number of nitrogens with one attached hydrogen (secondary N) is 1. The molecule has 1 atom stereocenters. The Kier molecular flexibility index (Phi) is 2.79. The number of hydrogen-bond acceptors (Lipinski definition) is 6. The molecule has 0 saturated carbocycles. The summed E-state index contributed by atoms with van der Waals surface area (Å²) in [6.07, 6.45) is 5.44. The van der Waals surface area contributed by atoms with E-state index in [-0.39, 0.29) is 6.04 Å². The second-order valence-electron chi connectivity index (χ2n) is 4.57. The maximum atomic E-state index is 4.38. The second-order valence-corrected chi connectivity index (χ2v) is 5.45. The van der Waals surface area contributed by atoms with Crippen LogP contribution in [0.4, 0.5) is 0 Å². The zero-order valence-electron chi connectivity index (χ0n) is 10.6. The van der Waals surface area contributed by atoms with Crippen molar-refractivity contribution in [3.8, 4) is 10.7 Å². The molecule has 6 nitrogen and oxygen atoms in total. The molecule has 1 unspecified atom stereocenters.